The predicted molar refractivity (Wildman–Crippen MR) is 109 cm³/mol. The van der Waals surface area contributed by atoms with E-state index in [1.807, 2.05) is 12.1 Å². The zero-order valence-electron chi connectivity index (χ0n) is 15.1. The second-order valence-corrected chi connectivity index (χ2v) is 7.75. The van der Waals surface area contributed by atoms with Crippen LogP contribution in [0.25, 0.3) is 31.7 Å². The monoisotopic (exact) mass is 418 g/mol. The molecule has 0 saturated heterocycles. The van der Waals surface area contributed by atoms with Crippen LogP contribution in [0.1, 0.15) is 6.92 Å². The highest BCUT2D eigenvalue weighted by Crippen LogP contribution is 2.38. The summed E-state index contributed by atoms with van der Waals surface area (Å²) in [7, 11) is 1.58. The number of hydrogen-bond donors (Lipinski definition) is 1. The molecule has 2 aromatic heterocycles. The van der Waals surface area contributed by atoms with Crippen molar-refractivity contribution in [2.75, 3.05) is 13.7 Å². The second-order valence-electron chi connectivity index (χ2n) is 6.28. The molecule has 4 rings (SSSR count). The molecule has 0 radical (unpaired) electrons. The summed E-state index contributed by atoms with van der Waals surface area (Å²) in [4.78, 5) is 9.04. The SMILES string of the molecule is COc1cnc2c(-c3nc4cc(F)c(OC(C)CO)cc4s3)cc(Cl)cc2c1. The predicted octanol–water partition coefficient (Wildman–Crippen LogP) is 5.07. The number of aromatic nitrogens is 2. The molecule has 5 nitrogen and oxygen atoms in total. The van der Waals surface area contributed by atoms with Gasteiger partial charge in [-0.2, -0.15) is 0 Å². The van der Waals surface area contributed by atoms with Crippen molar-refractivity contribution >= 4 is 44.1 Å². The molecule has 0 aliphatic rings. The quantitative estimate of drug-likeness (QED) is 0.490. The van der Waals surface area contributed by atoms with Gasteiger partial charge in [-0.25, -0.2) is 9.37 Å². The van der Waals surface area contributed by atoms with Crippen LogP contribution in [0, 0.1) is 5.82 Å². The molecule has 0 fully saturated rings. The van der Waals surface area contributed by atoms with Crippen LogP contribution in [-0.2, 0) is 0 Å². The summed E-state index contributed by atoms with van der Waals surface area (Å²) in [5.41, 5.74) is 2.01. The molecule has 0 amide bonds. The maximum absolute atomic E-state index is 14.3. The van der Waals surface area contributed by atoms with Gasteiger partial charge in [0.05, 0.1) is 35.6 Å². The Labute approximate surface area is 169 Å². The minimum absolute atomic E-state index is 0.0862. The van der Waals surface area contributed by atoms with Crippen LogP contribution < -0.4 is 9.47 Å². The van der Waals surface area contributed by atoms with E-state index in [1.165, 1.54) is 17.4 Å². The molecule has 0 saturated carbocycles. The van der Waals surface area contributed by atoms with E-state index in [-0.39, 0.29) is 12.4 Å². The number of aliphatic hydroxyl groups excluding tert-OH is 1. The largest absolute Gasteiger partial charge is 0.495 e. The molecule has 1 atom stereocenters. The number of pyridine rings is 1. The molecular formula is C20H16ClFN2O3S. The first-order valence-corrected chi connectivity index (χ1v) is 9.69. The van der Waals surface area contributed by atoms with E-state index < -0.39 is 11.9 Å². The third-order valence-corrected chi connectivity index (χ3v) is 5.49. The number of thiazole rings is 1. The van der Waals surface area contributed by atoms with E-state index in [0.29, 0.717) is 21.3 Å². The average Bonchev–Trinajstić information content (AvgIpc) is 3.09. The first-order valence-electron chi connectivity index (χ1n) is 8.49. The molecule has 0 aliphatic heterocycles. The van der Waals surface area contributed by atoms with Gasteiger partial charge >= 0.3 is 0 Å². The number of ether oxygens (including phenoxy) is 2. The summed E-state index contributed by atoms with van der Waals surface area (Å²) in [5, 5.41) is 11.2. The van der Waals surface area contributed by atoms with Crippen LogP contribution in [0.4, 0.5) is 4.39 Å². The fraction of sp³-hybridized carbons (Fsp3) is 0.200. The number of halogens is 2. The van der Waals surface area contributed by atoms with E-state index >= 15 is 0 Å². The average molecular weight is 419 g/mol. The van der Waals surface area contributed by atoms with Crippen molar-refractivity contribution < 1.29 is 19.0 Å². The Morgan fingerprint density at radius 2 is 2.07 bits per heavy atom. The molecule has 2 heterocycles. The minimum atomic E-state index is -0.525. The maximum Gasteiger partial charge on any atom is 0.167 e. The molecule has 1 unspecified atom stereocenters. The van der Waals surface area contributed by atoms with Crippen molar-refractivity contribution in [3.63, 3.8) is 0 Å². The Bertz CT molecular complexity index is 1180. The van der Waals surface area contributed by atoms with Crippen LogP contribution >= 0.6 is 22.9 Å². The van der Waals surface area contributed by atoms with E-state index in [1.54, 1.807) is 32.4 Å². The lowest BCUT2D eigenvalue weighted by atomic mass is 10.1. The summed E-state index contributed by atoms with van der Waals surface area (Å²) in [6.07, 6.45) is 1.13. The van der Waals surface area contributed by atoms with Gasteiger partial charge in [0.15, 0.2) is 11.6 Å². The lowest BCUT2D eigenvalue weighted by Gasteiger charge is -2.12. The zero-order valence-corrected chi connectivity index (χ0v) is 16.6. The summed E-state index contributed by atoms with van der Waals surface area (Å²) >= 11 is 7.69. The van der Waals surface area contributed by atoms with Gasteiger partial charge in [-0.1, -0.05) is 11.6 Å². The van der Waals surface area contributed by atoms with Gasteiger partial charge in [-0.05, 0) is 25.1 Å². The second kappa shape index (κ2) is 7.50. The van der Waals surface area contributed by atoms with Crippen molar-refractivity contribution in [3.8, 4) is 22.1 Å². The van der Waals surface area contributed by atoms with Crippen LogP contribution in [0.3, 0.4) is 0 Å². The Hall–Kier alpha value is -2.48. The van der Waals surface area contributed by atoms with E-state index in [4.69, 9.17) is 26.2 Å². The third-order valence-electron chi connectivity index (χ3n) is 4.22. The third kappa shape index (κ3) is 3.48. The number of aliphatic hydroxyl groups is 1. The van der Waals surface area contributed by atoms with Crippen molar-refractivity contribution in [1.82, 2.24) is 9.97 Å². The first kappa shape index (κ1) is 18.9. The van der Waals surface area contributed by atoms with Crippen molar-refractivity contribution in [2.24, 2.45) is 0 Å². The highest BCUT2D eigenvalue weighted by atomic mass is 35.5. The highest BCUT2D eigenvalue weighted by Gasteiger charge is 2.16. The van der Waals surface area contributed by atoms with E-state index in [0.717, 1.165) is 21.2 Å². The molecule has 8 heteroatoms. The Morgan fingerprint density at radius 1 is 1.25 bits per heavy atom. The molecule has 1 N–H and O–H groups in total. The molecule has 4 aromatic rings. The standard InChI is InChI=1S/C20H16ClFN2O3S/c1-10(9-25)27-17-7-18-16(6-15(17)22)24-20(28-18)14-5-12(21)3-11-4-13(26-2)8-23-19(11)14/h3-8,10,25H,9H2,1-2H3. The fourth-order valence-electron chi connectivity index (χ4n) is 2.86. The number of benzene rings is 2. The molecule has 28 heavy (non-hydrogen) atoms. The van der Waals surface area contributed by atoms with Crippen molar-refractivity contribution in [1.29, 1.82) is 0 Å². The normalized spacial score (nSPS) is 12.5. The lowest BCUT2D eigenvalue weighted by Crippen LogP contribution is -2.16. The first-order chi connectivity index (χ1) is 13.5. The van der Waals surface area contributed by atoms with Crippen LogP contribution in [0.15, 0.2) is 36.5 Å². The zero-order chi connectivity index (χ0) is 19.8. The molecular weight excluding hydrogens is 403 g/mol. The Morgan fingerprint density at radius 3 is 2.82 bits per heavy atom. The fourth-order valence-corrected chi connectivity index (χ4v) is 4.08. The van der Waals surface area contributed by atoms with Gasteiger partial charge in [0.1, 0.15) is 16.9 Å². The van der Waals surface area contributed by atoms with Crippen LogP contribution in [0.2, 0.25) is 5.02 Å². The van der Waals surface area contributed by atoms with E-state index in [2.05, 4.69) is 9.97 Å². The number of nitrogens with zero attached hydrogens (tertiary/aromatic N) is 2. The number of hydrogen-bond acceptors (Lipinski definition) is 6. The van der Waals surface area contributed by atoms with Gasteiger partial charge in [0.2, 0.25) is 0 Å². The summed E-state index contributed by atoms with van der Waals surface area (Å²) in [6.45, 7) is 1.47. The highest BCUT2D eigenvalue weighted by molar-refractivity contribution is 7.21. The lowest BCUT2D eigenvalue weighted by molar-refractivity contribution is 0.125. The van der Waals surface area contributed by atoms with Gasteiger partial charge in [0.25, 0.3) is 0 Å². The van der Waals surface area contributed by atoms with Crippen LogP contribution in [0.5, 0.6) is 11.5 Å². The number of rotatable bonds is 5. The Kier molecular flexibility index (Phi) is 5.05. The number of fused-ring (bicyclic) bond motifs is 2. The summed E-state index contributed by atoms with van der Waals surface area (Å²) in [6, 6.07) is 8.39. The summed E-state index contributed by atoms with van der Waals surface area (Å²) < 4.78 is 25.8. The molecule has 0 spiro atoms. The molecule has 0 aliphatic carbocycles. The molecule has 2 aromatic carbocycles. The van der Waals surface area contributed by atoms with Gasteiger partial charge < -0.3 is 14.6 Å². The maximum atomic E-state index is 14.3. The summed E-state index contributed by atoms with van der Waals surface area (Å²) in [5.74, 6) is 0.193. The topological polar surface area (TPSA) is 64.5 Å². The number of methoxy groups -OCH3 is 1. The minimum Gasteiger partial charge on any atom is -0.495 e. The van der Waals surface area contributed by atoms with Crippen LogP contribution in [-0.4, -0.2) is 34.9 Å². The van der Waals surface area contributed by atoms with Crippen molar-refractivity contribution in [3.05, 3.63) is 47.4 Å². The smallest absolute Gasteiger partial charge is 0.167 e. The van der Waals surface area contributed by atoms with Gasteiger partial charge in [0, 0.05) is 28.1 Å². The van der Waals surface area contributed by atoms with Gasteiger partial charge in [-0.15, -0.1) is 11.3 Å². The van der Waals surface area contributed by atoms with E-state index in [9.17, 15) is 4.39 Å². The van der Waals surface area contributed by atoms with Gasteiger partial charge in [-0.3, -0.25) is 4.98 Å². The molecule has 0 bridgehead atoms. The Balaban J connectivity index is 1.85. The molecule has 144 valence electrons. The van der Waals surface area contributed by atoms with Crippen molar-refractivity contribution in [2.45, 2.75) is 13.0 Å².